The molecule has 1 aliphatic heterocycles. The van der Waals surface area contributed by atoms with Gasteiger partial charge in [0.15, 0.2) is 11.5 Å². The second kappa shape index (κ2) is 9.42. The van der Waals surface area contributed by atoms with E-state index in [0.29, 0.717) is 51.9 Å². The number of oxazole rings is 1. The molecule has 1 aliphatic rings. The molecule has 0 radical (unpaired) electrons. The van der Waals surface area contributed by atoms with Crippen LogP contribution >= 0.6 is 0 Å². The molecule has 2 aromatic carbocycles. The van der Waals surface area contributed by atoms with E-state index in [9.17, 15) is 9.59 Å². The van der Waals surface area contributed by atoms with Gasteiger partial charge in [-0.15, -0.1) is 0 Å². The molecule has 0 N–H and O–H groups in total. The molecule has 2 aromatic heterocycles. The highest BCUT2D eigenvalue weighted by Gasteiger charge is 2.23. The van der Waals surface area contributed by atoms with Crippen molar-refractivity contribution in [3.8, 4) is 23.0 Å². The van der Waals surface area contributed by atoms with Crippen LogP contribution in [0.1, 0.15) is 24.3 Å². The molecule has 1 saturated heterocycles. The summed E-state index contributed by atoms with van der Waals surface area (Å²) in [6, 6.07) is 12.6. The van der Waals surface area contributed by atoms with Crippen LogP contribution in [0, 0.1) is 6.92 Å². The van der Waals surface area contributed by atoms with E-state index in [-0.39, 0.29) is 24.8 Å². The number of hydrogen-bond donors (Lipinski definition) is 0. The molecule has 0 spiro atoms. The molecular formula is C26H27N3O6. The van der Waals surface area contributed by atoms with Crippen molar-refractivity contribution in [3.63, 3.8) is 0 Å². The van der Waals surface area contributed by atoms with Crippen LogP contribution in [0.25, 0.3) is 22.4 Å². The quantitative estimate of drug-likeness (QED) is 0.403. The van der Waals surface area contributed by atoms with E-state index in [1.807, 2.05) is 18.2 Å². The van der Waals surface area contributed by atoms with Gasteiger partial charge in [-0.05, 0) is 44.0 Å². The maximum Gasteiger partial charge on any atom is 0.331 e. The van der Waals surface area contributed by atoms with Crippen LogP contribution in [0.4, 0.5) is 0 Å². The van der Waals surface area contributed by atoms with E-state index in [0.717, 1.165) is 12.8 Å². The van der Waals surface area contributed by atoms with Gasteiger partial charge in [0.25, 0.3) is 5.56 Å². The summed E-state index contributed by atoms with van der Waals surface area (Å²) in [6.45, 7) is 2.82. The monoisotopic (exact) mass is 477 g/mol. The van der Waals surface area contributed by atoms with Crippen molar-refractivity contribution in [2.45, 2.75) is 39.0 Å². The van der Waals surface area contributed by atoms with Gasteiger partial charge in [-0.2, -0.15) is 0 Å². The highest BCUT2D eigenvalue weighted by Crippen LogP contribution is 2.38. The molecule has 5 rings (SSSR count). The lowest BCUT2D eigenvalue weighted by molar-refractivity contribution is 0.0948. The first-order valence-corrected chi connectivity index (χ1v) is 11.5. The third-order valence-electron chi connectivity index (χ3n) is 6.38. The minimum Gasteiger partial charge on any atom is -0.493 e. The van der Waals surface area contributed by atoms with Crippen LogP contribution in [0.15, 0.2) is 56.5 Å². The number of para-hydroxylation sites is 2. The number of fused-ring (bicyclic) bond motifs is 1. The Bertz CT molecular complexity index is 1490. The van der Waals surface area contributed by atoms with E-state index < -0.39 is 5.69 Å². The third-order valence-corrected chi connectivity index (χ3v) is 6.38. The van der Waals surface area contributed by atoms with E-state index >= 15 is 0 Å². The molecule has 9 heteroatoms. The lowest BCUT2D eigenvalue weighted by Gasteiger charge is -2.16. The highest BCUT2D eigenvalue weighted by atomic mass is 16.5. The van der Waals surface area contributed by atoms with Crippen molar-refractivity contribution < 1.29 is 18.6 Å². The summed E-state index contributed by atoms with van der Waals surface area (Å²) in [6.07, 6.45) is 1.61. The van der Waals surface area contributed by atoms with Crippen molar-refractivity contribution in [2.75, 3.05) is 20.8 Å². The molecule has 0 bridgehead atoms. The second-order valence-electron chi connectivity index (χ2n) is 8.50. The summed E-state index contributed by atoms with van der Waals surface area (Å²) in [5.41, 5.74) is 1.07. The van der Waals surface area contributed by atoms with Crippen LogP contribution in [0.5, 0.6) is 11.5 Å². The number of hydrogen-bond acceptors (Lipinski definition) is 7. The number of methoxy groups -OCH3 is 2. The lowest BCUT2D eigenvalue weighted by Crippen LogP contribution is -2.42. The van der Waals surface area contributed by atoms with Crippen LogP contribution in [0.2, 0.25) is 0 Å². The smallest absolute Gasteiger partial charge is 0.331 e. The molecule has 0 saturated carbocycles. The Labute approximate surface area is 201 Å². The maximum atomic E-state index is 13.5. The molecule has 1 fully saturated rings. The normalized spacial score (nSPS) is 15.6. The summed E-state index contributed by atoms with van der Waals surface area (Å²) in [4.78, 5) is 31.4. The number of benzene rings is 2. The first kappa shape index (κ1) is 22.9. The number of nitrogens with zero attached hydrogens (tertiary/aromatic N) is 3. The SMILES string of the molecule is COc1cccc(-c2nc(Cn3c(=O)n(C[C@@H]4CCCO4)c(=O)c4ccccc43)c(C)o2)c1OC. The minimum atomic E-state index is -0.396. The Morgan fingerprint density at radius 1 is 1.06 bits per heavy atom. The third kappa shape index (κ3) is 4.12. The van der Waals surface area contributed by atoms with Crippen LogP contribution < -0.4 is 20.7 Å². The lowest BCUT2D eigenvalue weighted by atomic mass is 10.2. The predicted octanol–water partition coefficient (Wildman–Crippen LogP) is 3.37. The van der Waals surface area contributed by atoms with Gasteiger partial charge in [0, 0.05) is 6.61 Å². The Morgan fingerprint density at radius 3 is 2.63 bits per heavy atom. The number of ether oxygens (including phenoxy) is 3. The molecule has 0 aliphatic carbocycles. The Kier molecular flexibility index (Phi) is 6.17. The maximum absolute atomic E-state index is 13.5. The summed E-state index contributed by atoms with van der Waals surface area (Å²) in [7, 11) is 3.12. The van der Waals surface area contributed by atoms with Crippen molar-refractivity contribution in [1.82, 2.24) is 14.1 Å². The van der Waals surface area contributed by atoms with Crippen molar-refractivity contribution in [1.29, 1.82) is 0 Å². The van der Waals surface area contributed by atoms with Gasteiger partial charge in [-0.1, -0.05) is 18.2 Å². The second-order valence-corrected chi connectivity index (χ2v) is 8.50. The molecule has 0 unspecified atom stereocenters. The zero-order valence-electron chi connectivity index (χ0n) is 19.9. The Hall–Kier alpha value is -3.85. The fourth-order valence-corrected chi connectivity index (χ4v) is 4.57. The topological polar surface area (TPSA) is 97.7 Å². The van der Waals surface area contributed by atoms with Crippen LogP contribution in [0.3, 0.4) is 0 Å². The number of rotatable bonds is 7. The van der Waals surface area contributed by atoms with E-state index in [1.165, 1.54) is 4.57 Å². The molecule has 35 heavy (non-hydrogen) atoms. The van der Waals surface area contributed by atoms with Gasteiger partial charge in [0.05, 0.1) is 49.9 Å². The fraction of sp³-hybridized carbons (Fsp3) is 0.346. The Morgan fingerprint density at radius 2 is 1.89 bits per heavy atom. The van der Waals surface area contributed by atoms with E-state index in [4.69, 9.17) is 18.6 Å². The van der Waals surface area contributed by atoms with Crippen molar-refractivity contribution in [3.05, 3.63) is 74.8 Å². The molecular weight excluding hydrogens is 450 g/mol. The summed E-state index contributed by atoms with van der Waals surface area (Å²) >= 11 is 0. The van der Waals surface area contributed by atoms with Crippen molar-refractivity contribution in [2.24, 2.45) is 0 Å². The molecule has 3 heterocycles. The fourth-order valence-electron chi connectivity index (χ4n) is 4.57. The van der Waals surface area contributed by atoms with Crippen molar-refractivity contribution >= 4 is 10.9 Å². The largest absolute Gasteiger partial charge is 0.493 e. The summed E-state index contributed by atoms with van der Waals surface area (Å²) in [5, 5.41) is 0.473. The first-order valence-electron chi connectivity index (χ1n) is 11.5. The Balaban J connectivity index is 1.60. The van der Waals surface area contributed by atoms with Crippen LogP contribution in [-0.2, 0) is 17.8 Å². The zero-order chi connectivity index (χ0) is 24.5. The average molecular weight is 478 g/mol. The molecule has 0 amide bonds. The van der Waals surface area contributed by atoms with Crippen LogP contribution in [-0.4, -0.2) is 41.0 Å². The number of aromatic nitrogens is 3. The standard InChI is InChI=1S/C26H27N3O6/c1-16-20(27-24(35-16)19-10-6-12-22(32-2)23(19)33-3)15-28-21-11-5-4-9-18(21)25(30)29(26(28)31)14-17-8-7-13-34-17/h4-6,9-12,17H,7-8,13-15H2,1-3H3/t17-/m0/s1. The summed E-state index contributed by atoms with van der Waals surface area (Å²) < 4.78 is 25.4. The van der Waals surface area contributed by atoms with Gasteiger partial charge in [0.1, 0.15) is 11.5 Å². The molecule has 1 atom stereocenters. The molecule has 182 valence electrons. The first-order chi connectivity index (χ1) is 17.0. The minimum absolute atomic E-state index is 0.143. The van der Waals surface area contributed by atoms with E-state index in [2.05, 4.69) is 4.98 Å². The number of aryl methyl sites for hydroxylation is 1. The van der Waals surface area contributed by atoms with E-state index in [1.54, 1.807) is 50.0 Å². The van der Waals surface area contributed by atoms with Gasteiger partial charge in [0.2, 0.25) is 5.89 Å². The average Bonchev–Trinajstić information content (AvgIpc) is 3.53. The molecule has 9 nitrogen and oxygen atoms in total. The highest BCUT2D eigenvalue weighted by molar-refractivity contribution is 5.78. The van der Waals surface area contributed by atoms with Gasteiger partial charge >= 0.3 is 5.69 Å². The van der Waals surface area contributed by atoms with Gasteiger partial charge in [-0.3, -0.25) is 13.9 Å². The molecule has 4 aromatic rings. The van der Waals surface area contributed by atoms with Gasteiger partial charge < -0.3 is 18.6 Å². The summed E-state index contributed by atoms with van der Waals surface area (Å²) in [5.74, 6) is 2.00. The zero-order valence-corrected chi connectivity index (χ0v) is 19.9. The van der Waals surface area contributed by atoms with Gasteiger partial charge in [-0.25, -0.2) is 9.78 Å². The predicted molar refractivity (Wildman–Crippen MR) is 130 cm³/mol.